The number of likely N-dealkylation sites (tertiary alicyclic amines) is 2. The molecule has 2 saturated heterocycles. The van der Waals surface area contributed by atoms with Crippen molar-refractivity contribution >= 4 is 27.7 Å². The standard InChI is InChI=1S/C28H34BrN3O2/c1-19-9-10-25(28(34)32-16-11-20-5-2-3-6-23(20)18-32)26(30-19)21-12-14-31(15-13-21)27(33)22-7-4-8-24(29)17-22/h4,7-10,17,20-21,23H,2-3,5-6,11-16,18H2,1H3/t20-,23-/m1/s1. The minimum atomic E-state index is 0.0728. The molecule has 5 rings (SSSR count). The van der Waals surface area contributed by atoms with Gasteiger partial charge in [-0.3, -0.25) is 14.6 Å². The summed E-state index contributed by atoms with van der Waals surface area (Å²) in [6.45, 7) is 5.14. The summed E-state index contributed by atoms with van der Waals surface area (Å²) in [6, 6.07) is 11.5. The van der Waals surface area contributed by atoms with E-state index in [0.717, 1.165) is 59.7 Å². The zero-order chi connectivity index (χ0) is 23.7. The van der Waals surface area contributed by atoms with Gasteiger partial charge in [0, 0.05) is 47.8 Å². The highest BCUT2D eigenvalue weighted by atomic mass is 79.9. The number of hydrogen-bond acceptors (Lipinski definition) is 3. The average Bonchev–Trinajstić information content (AvgIpc) is 2.87. The third-order valence-corrected chi connectivity index (χ3v) is 8.61. The number of nitrogens with zero attached hydrogens (tertiary/aromatic N) is 3. The van der Waals surface area contributed by atoms with E-state index in [1.165, 1.54) is 25.7 Å². The van der Waals surface area contributed by atoms with Gasteiger partial charge in [0.05, 0.1) is 11.3 Å². The normalized spacial score (nSPS) is 23.5. The number of aryl methyl sites for hydroxylation is 1. The van der Waals surface area contributed by atoms with Crippen LogP contribution < -0.4 is 0 Å². The summed E-state index contributed by atoms with van der Waals surface area (Å²) in [5, 5.41) is 0. The van der Waals surface area contributed by atoms with Crippen LogP contribution in [0.25, 0.3) is 0 Å². The highest BCUT2D eigenvalue weighted by Gasteiger charge is 2.35. The van der Waals surface area contributed by atoms with Gasteiger partial charge in [0.1, 0.15) is 0 Å². The topological polar surface area (TPSA) is 53.5 Å². The van der Waals surface area contributed by atoms with Gasteiger partial charge >= 0.3 is 0 Å². The number of pyridine rings is 1. The predicted molar refractivity (Wildman–Crippen MR) is 137 cm³/mol. The quantitative estimate of drug-likeness (QED) is 0.508. The maximum Gasteiger partial charge on any atom is 0.255 e. The lowest BCUT2D eigenvalue weighted by atomic mass is 9.75. The van der Waals surface area contributed by atoms with Crippen LogP contribution in [-0.4, -0.2) is 52.8 Å². The van der Waals surface area contributed by atoms with Gasteiger partial charge in [-0.05, 0) is 74.8 Å². The molecule has 0 spiro atoms. The van der Waals surface area contributed by atoms with Crippen LogP contribution >= 0.6 is 15.9 Å². The maximum atomic E-state index is 13.7. The second-order valence-electron chi connectivity index (χ2n) is 10.3. The van der Waals surface area contributed by atoms with Crippen molar-refractivity contribution in [3.63, 3.8) is 0 Å². The number of carbonyl (C=O) groups is 2. The maximum absolute atomic E-state index is 13.7. The van der Waals surface area contributed by atoms with Gasteiger partial charge in [0.15, 0.2) is 0 Å². The first-order valence-corrected chi connectivity index (χ1v) is 13.6. The Balaban J connectivity index is 1.29. The fraction of sp³-hybridized carbons (Fsp3) is 0.536. The van der Waals surface area contributed by atoms with E-state index in [4.69, 9.17) is 4.98 Å². The molecule has 3 fully saturated rings. The van der Waals surface area contributed by atoms with Crippen molar-refractivity contribution in [2.75, 3.05) is 26.2 Å². The Morgan fingerprint density at radius 2 is 1.62 bits per heavy atom. The minimum Gasteiger partial charge on any atom is -0.339 e. The lowest BCUT2D eigenvalue weighted by Crippen LogP contribution is -2.45. The third kappa shape index (κ3) is 4.93. The first-order chi connectivity index (χ1) is 16.5. The molecule has 0 unspecified atom stereocenters. The van der Waals surface area contributed by atoms with Crippen LogP contribution in [0.2, 0.25) is 0 Å². The molecule has 1 aromatic heterocycles. The molecule has 3 aliphatic rings. The molecule has 5 nitrogen and oxygen atoms in total. The first kappa shape index (κ1) is 23.5. The summed E-state index contributed by atoms with van der Waals surface area (Å²) in [5.74, 6) is 1.90. The number of halogens is 1. The van der Waals surface area contributed by atoms with Crippen LogP contribution in [0.15, 0.2) is 40.9 Å². The van der Waals surface area contributed by atoms with Gasteiger partial charge in [0.25, 0.3) is 11.8 Å². The van der Waals surface area contributed by atoms with Crippen LogP contribution in [0.4, 0.5) is 0 Å². The summed E-state index contributed by atoms with van der Waals surface area (Å²) in [7, 11) is 0. The molecule has 6 heteroatoms. The van der Waals surface area contributed by atoms with Gasteiger partial charge in [-0.25, -0.2) is 0 Å². The Bertz CT molecular complexity index is 1060. The van der Waals surface area contributed by atoms with E-state index in [1.807, 2.05) is 48.2 Å². The fourth-order valence-corrected chi connectivity index (χ4v) is 6.58. The van der Waals surface area contributed by atoms with Crippen molar-refractivity contribution in [2.45, 2.75) is 57.8 Å². The molecule has 2 aromatic rings. The lowest BCUT2D eigenvalue weighted by molar-refractivity contribution is 0.0517. The summed E-state index contributed by atoms with van der Waals surface area (Å²) in [6.07, 6.45) is 8.06. The smallest absolute Gasteiger partial charge is 0.255 e. The molecular weight excluding hydrogens is 490 g/mol. The van der Waals surface area contributed by atoms with Crippen LogP contribution in [0.5, 0.6) is 0 Å². The number of fused-ring (bicyclic) bond motifs is 1. The van der Waals surface area contributed by atoms with Gasteiger partial charge in [0.2, 0.25) is 0 Å². The molecule has 3 heterocycles. The Labute approximate surface area is 211 Å². The second-order valence-corrected chi connectivity index (χ2v) is 11.2. The van der Waals surface area contributed by atoms with Gasteiger partial charge < -0.3 is 9.80 Å². The molecule has 2 atom stereocenters. The average molecular weight is 525 g/mol. The van der Waals surface area contributed by atoms with Crippen molar-refractivity contribution < 1.29 is 9.59 Å². The van der Waals surface area contributed by atoms with Crippen LogP contribution in [0, 0.1) is 18.8 Å². The summed E-state index contributed by atoms with van der Waals surface area (Å²) >= 11 is 3.46. The van der Waals surface area contributed by atoms with E-state index in [1.54, 1.807) is 0 Å². The number of aromatic nitrogens is 1. The molecule has 0 bridgehead atoms. The molecule has 1 aliphatic carbocycles. The van der Waals surface area contributed by atoms with Crippen molar-refractivity contribution in [3.8, 4) is 0 Å². The molecule has 0 N–H and O–H groups in total. The Morgan fingerprint density at radius 3 is 2.38 bits per heavy atom. The van der Waals surface area contributed by atoms with E-state index < -0.39 is 0 Å². The SMILES string of the molecule is Cc1ccc(C(=O)N2CC[C@H]3CCCC[C@@H]3C2)c(C2CCN(C(=O)c3cccc(Br)c3)CC2)n1. The molecular formula is C28H34BrN3O2. The van der Waals surface area contributed by atoms with Crippen molar-refractivity contribution in [1.82, 2.24) is 14.8 Å². The lowest BCUT2D eigenvalue weighted by Gasteiger charge is -2.41. The fourth-order valence-electron chi connectivity index (χ4n) is 6.18. The zero-order valence-electron chi connectivity index (χ0n) is 20.0. The number of benzene rings is 1. The Morgan fingerprint density at radius 1 is 0.882 bits per heavy atom. The van der Waals surface area contributed by atoms with Gasteiger partial charge in [-0.15, -0.1) is 0 Å². The number of rotatable bonds is 3. The van der Waals surface area contributed by atoms with E-state index in [9.17, 15) is 9.59 Å². The summed E-state index contributed by atoms with van der Waals surface area (Å²) in [5.41, 5.74) is 3.37. The van der Waals surface area contributed by atoms with Gasteiger partial charge in [-0.1, -0.05) is 41.3 Å². The van der Waals surface area contributed by atoms with E-state index in [0.29, 0.717) is 24.6 Å². The van der Waals surface area contributed by atoms with Crippen molar-refractivity contribution in [2.24, 2.45) is 11.8 Å². The van der Waals surface area contributed by atoms with Crippen LogP contribution in [-0.2, 0) is 0 Å². The van der Waals surface area contributed by atoms with E-state index in [-0.39, 0.29) is 17.7 Å². The van der Waals surface area contributed by atoms with Crippen LogP contribution in [0.1, 0.15) is 83.0 Å². The van der Waals surface area contributed by atoms with Crippen LogP contribution in [0.3, 0.4) is 0 Å². The molecule has 1 aromatic carbocycles. The first-order valence-electron chi connectivity index (χ1n) is 12.8. The molecule has 0 radical (unpaired) electrons. The highest BCUT2D eigenvalue weighted by Crippen LogP contribution is 2.37. The molecule has 1 saturated carbocycles. The number of amides is 2. The molecule has 180 valence electrons. The van der Waals surface area contributed by atoms with Crippen molar-refractivity contribution in [1.29, 1.82) is 0 Å². The Kier molecular flexibility index (Phi) is 7.05. The summed E-state index contributed by atoms with van der Waals surface area (Å²) in [4.78, 5) is 35.5. The van der Waals surface area contributed by atoms with Gasteiger partial charge in [-0.2, -0.15) is 0 Å². The molecule has 2 aliphatic heterocycles. The number of hydrogen-bond donors (Lipinski definition) is 0. The highest BCUT2D eigenvalue weighted by molar-refractivity contribution is 9.10. The van der Waals surface area contributed by atoms with Crippen molar-refractivity contribution in [3.05, 3.63) is 63.4 Å². The summed E-state index contributed by atoms with van der Waals surface area (Å²) < 4.78 is 0.914. The van der Waals surface area contributed by atoms with E-state index >= 15 is 0 Å². The molecule has 2 amide bonds. The second kappa shape index (κ2) is 10.2. The minimum absolute atomic E-state index is 0.0728. The molecule has 34 heavy (non-hydrogen) atoms. The Hall–Kier alpha value is -2.21. The zero-order valence-corrected chi connectivity index (χ0v) is 21.6. The largest absolute Gasteiger partial charge is 0.339 e. The number of carbonyl (C=O) groups excluding carboxylic acids is 2. The van der Waals surface area contributed by atoms with E-state index in [2.05, 4.69) is 20.8 Å². The predicted octanol–water partition coefficient (Wildman–Crippen LogP) is 5.82. The number of piperidine rings is 2. The third-order valence-electron chi connectivity index (χ3n) is 8.11. The monoisotopic (exact) mass is 523 g/mol.